The van der Waals surface area contributed by atoms with Crippen LogP contribution in [0.1, 0.15) is 37.0 Å². The third-order valence-electron chi connectivity index (χ3n) is 4.73. The van der Waals surface area contributed by atoms with E-state index in [2.05, 4.69) is 5.32 Å². The fraction of sp³-hybridized carbons (Fsp3) is 0.611. The van der Waals surface area contributed by atoms with E-state index in [1.165, 1.54) is 6.42 Å². The summed E-state index contributed by atoms with van der Waals surface area (Å²) < 4.78 is 11.2. The Balaban J connectivity index is 1.75. The summed E-state index contributed by atoms with van der Waals surface area (Å²) in [6.07, 6.45) is 2.22. The molecular formula is C18H26N2O3. The molecule has 1 aromatic rings. The number of hydrogen-bond acceptors (Lipinski definition) is 4. The number of nitrogens with zero attached hydrogens (tertiary/aromatic N) is 1. The van der Waals surface area contributed by atoms with E-state index >= 15 is 0 Å². The van der Waals surface area contributed by atoms with Gasteiger partial charge in [-0.25, -0.2) is 0 Å². The van der Waals surface area contributed by atoms with Crippen LogP contribution in [0.4, 0.5) is 0 Å². The maximum atomic E-state index is 12.8. The number of hydrogen-bond donors (Lipinski definition) is 1. The predicted molar refractivity (Wildman–Crippen MR) is 89.2 cm³/mol. The van der Waals surface area contributed by atoms with E-state index in [-0.39, 0.29) is 5.91 Å². The first-order valence-electron chi connectivity index (χ1n) is 8.65. The minimum atomic E-state index is 0.0966. The minimum absolute atomic E-state index is 0.0966. The fourth-order valence-corrected chi connectivity index (χ4v) is 3.60. The first kappa shape index (κ1) is 16.1. The molecule has 2 unspecified atom stereocenters. The molecule has 1 amide bonds. The van der Waals surface area contributed by atoms with Crippen molar-refractivity contribution in [3.63, 3.8) is 0 Å². The molecule has 2 saturated heterocycles. The first-order chi connectivity index (χ1) is 11.2. The number of carbonyl (C=O) groups excluding carboxylic acids is 1. The lowest BCUT2D eigenvalue weighted by molar-refractivity contribution is 0.0661. The van der Waals surface area contributed by atoms with Crippen molar-refractivity contribution in [3.05, 3.63) is 23.8 Å². The molecule has 23 heavy (non-hydrogen) atoms. The molecule has 0 aromatic heterocycles. The highest BCUT2D eigenvalue weighted by atomic mass is 16.5. The molecule has 5 nitrogen and oxygen atoms in total. The number of ether oxygens (including phenoxy) is 2. The summed E-state index contributed by atoms with van der Waals surface area (Å²) in [5.41, 5.74) is 0.682. The summed E-state index contributed by atoms with van der Waals surface area (Å²) in [6.45, 7) is 7.76. The molecule has 2 fully saturated rings. The van der Waals surface area contributed by atoms with Crippen molar-refractivity contribution in [1.82, 2.24) is 10.2 Å². The van der Waals surface area contributed by atoms with Gasteiger partial charge in [0, 0.05) is 24.7 Å². The highest BCUT2D eigenvalue weighted by Gasteiger charge is 2.34. The second kappa shape index (κ2) is 7.21. The largest absolute Gasteiger partial charge is 0.490 e. The summed E-state index contributed by atoms with van der Waals surface area (Å²) >= 11 is 0. The molecule has 0 saturated carbocycles. The Morgan fingerprint density at radius 1 is 1.22 bits per heavy atom. The zero-order valence-electron chi connectivity index (χ0n) is 14.0. The molecule has 2 heterocycles. The monoisotopic (exact) mass is 318 g/mol. The lowest BCUT2D eigenvalue weighted by atomic mass is 9.93. The van der Waals surface area contributed by atoms with Crippen molar-refractivity contribution in [2.24, 2.45) is 5.92 Å². The van der Waals surface area contributed by atoms with E-state index in [1.54, 1.807) is 0 Å². The van der Waals surface area contributed by atoms with Crippen LogP contribution in [0.5, 0.6) is 11.5 Å². The maximum Gasteiger partial charge on any atom is 0.254 e. The second-order valence-electron chi connectivity index (χ2n) is 6.18. The molecule has 0 bridgehead atoms. The average Bonchev–Trinajstić information content (AvgIpc) is 3.04. The Morgan fingerprint density at radius 2 is 2.00 bits per heavy atom. The Bertz CT molecular complexity index is 561. The smallest absolute Gasteiger partial charge is 0.254 e. The summed E-state index contributed by atoms with van der Waals surface area (Å²) in [6, 6.07) is 6.09. The van der Waals surface area contributed by atoms with Gasteiger partial charge in [0.1, 0.15) is 0 Å². The molecule has 1 aromatic carbocycles. The van der Waals surface area contributed by atoms with Gasteiger partial charge in [0.05, 0.1) is 13.2 Å². The van der Waals surface area contributed by atoms with E-state index < -0.39 is 0 Å². The molecule has 0 radical (unpaired) electrons. The summed E-state index contributed by atoms with van der Waals surface area (Å²) in [4.78, 5) is 14.8. The summed E-state index contributed by atoms with van der Waals surface area (Å²) in [7, 11) is 0. The number of piperidine rings is 1. The zero-order valence-corrected chi connectivity index (χ0v) is 14.0. The van der Waals surface area contributed by atoms with Crippen LogP contribution in [0.15, 0.2) is 18.2 Å². The van der Waals surface area contributed by atoms with Crippen LogP contribution in [0.25, 0.3) is 0 Å². The lowest BCUT2D eigenvalue weighted by Crippen LogP contribution is -2.46. The zero-order chi connectivity index (χ0) is 16.2. The van der Waals surface area contributed by atoms with Gasteiger partial charge in [-0.3, -0.25) is 4.79 Å². The standard InChI is InChI=1S/C18H26N2O3/c1-3-22-16-6-5-13(11-17(16)23-4-2)18(21)20-10-8-15-14(12-20)7-9-19-15/h5-6,11,14-15,19H,3-4,7-10,12H2,1-2H3. The normalized spacial score (nSPS) is 23.5. The van der Waals surface area contributed by atoms with Crippen LogP contribution in [-0.2, 0) is 0 Å². The molecule has 2 aliphatic rings. The van der Waals surface area contributed by atoms with Crippen LogP contribution in [0, 0.1) is 5.92 Å². The Labute approximate surface area is 137 Å². The van der Waals surface area contributed by atoms with Gasteiger partial charge in [0.25, 0.3) is 5.91 Å². The number of amides is 1. The van der Waals surface area contributed by atoms with Crippen molar-refractivity contribution >= 4 is 5.91 Å². The van der Waals surface area contributed by atoms with Crippen molar-refractivity contribution in [2.45, 2.75) is 32.7 Å². The molecule has 2 aliphatic heterocycles. The van der Waals surface area contributed by atoms with Crippen LogP contribution < -0.4 is 14.8 Å². The van der Waals surface area contributed by atoms with Gasteiger partial charge in [0.15, 0.2) is 11.5 Å². The highest BCUT2D eigenvalue weighted by Crippen LogP contribution is 2.30. The topological polar surface area (TPSA) is 50.8 Å². The fourth-order valence-electron chi connectivity index (χ4n) is 3.60. The van der Waals surface area contributed by atoms with E-state index in [4.69, 9.17) is 9.47 Å². The second-order valence-corrected chi connectivity index (χ2v) is 6.18. The number of rotatable bonds is 5. The SMILES string of the molecule is CCOc1ccc(C(=O)N2CCC3NCCC3C2)cc1OCC. The van der Waals surface area contributed by atoms with E-state index in [0.29, 0.717) is 42.2 Å². The molecule has 0 aliphatic carbocycles. The van der Waals surface area contributed by atoms with Gasteiger partial charge in [-0.05, 0) is 57.4 Å². The van der Waals surface area contributed by atoms with Crippen molar-refractivity contribution in [2.75, 3.05) is 32.8 Å². The molecular weight excluding hydrogens is 292 g/mol. The molecule has 1 N–H and O–H groups in total. The third-order valence-corrected chi connectivity index (χ3v) is 4.73. The Kier molecular flexibility index (Phi) is 5.06. The molecule has 2 atom stereocenters. The van der Waals surface area contributed by atoms with Crippen molar-refractivity contribution in [1.29, 1.82) is 0 Å². The molecule has 3 rings (SSSR count). The predicted octanol–water partition coefficient (Wildman–Crippen LogP) is 2.31. The van der Waals surface area contributed by atoms with Crippen molar-refractivity contribution < 1.29 is 14.3 Å². The van der Waals surface area contributed by atoms with E-state index in [1.807, 2.05) is 36.9 Å². The molecule has 5 heteroatoms. The van der Waals surface area contributed by atoms with Gasteiger partial charge in [0.2, 0.25) is 0 Å². The Morgan fingerprint density at radius 3 is 2.78 bits per heavy atom. The van der Waals surface area contributed by atoms with Crippen LogP contribution in [0.2, 0.25) is 0 Å². The van der Waals surface area contributed by atoms with Crippen LogP contribution in [-0.4, -0.2) is 49.7 Å². The number of benzene rings is 1. The van der Waals surface area contributed by atoms with E-state index in [0.717, 1.165) is 26.1 Å². The number of fused-ring (bicyclic) bond motifs is 1. The average molecular weight is 318 g/mol. The quantitative estimate of drug-likeness (QED) is 0.905. The van der Waals surface area contributed by atoms with Gasteiger partial charge >= 0.3 is 0 Å². The summed E-state index contributed by atoms with van der Waals surface area (Å²) in [5, 5.41) is 3.53. The first-order valence-corrected chi connectivity index (χ1v) is 8.65. The minimum Gasteiger partial charge on any atom is -0.490 e. The molecule has 126 valence electrons. The van der Waals surface area contributed by atoms with Crippen molar-refractivity contribution in [3.8, 4) is 11.5 Å². The number of carbonyl (C=O) groups is 1. The highest BCUT2D eigenvalue weighted by molar-refractivity contribution is 5.95. The van der Waals surface area contributed by atoms with Gasteiger partial charge in [-0.2, -0.15) is 0 Å². The number of likely N-dealkylation sites (tertiary alicyclic amines) is 1. The summed E-state index contributed by atoms with van der Waals surface area (Å²) in [5.74, 6) is 2.04. The van der Waals surface area contributed by atoms with Gasteiger partial charge < -0.3 is 19.7 Å². The molecule has 0 spiro atoms. The third kappa shape index (κ3) is 3.44. The van der Waals surface area contributed by atoms with E-state index in [9.17, 15) is 4.79 Å². The van der Waals surface area contributed by atoms with Gasteiger partial charge in [-0.15, -0.1) is 0 Å². The van der Waals surface area contributed by atoms with Crippen LogP contribution >= 0.6 is 0 Å². The van der Waals surface area contributed by atoms with Crippen LogP contribution in [0.3, 0.4) is 0 Å². The lowest BCUT2D eigenvalue weighted by Gasteiger charge is -2.35. The Hall–Kier alpha value is -1.75. The number of nitrogens with one attached hydrogen (secondary N) is 1. The maximum absolute atomic E-state index is 12.8. The van der Waals surface area contributed by atoms with Gasteiger partial charge in [-0.1, -0.05) is 0 Å².